The molecule has 0 aromatic carbocycles. The Bertz CT molecular complexity index is 534. The number of nitrogens with zero attached hydrogens (tertiary/aromatic N) is 3. The summed E-state index contributed by atoms with van der Waals surface area (Å²) in [6.07, 6.45) is 5.93. The fourth-order valence-electron chi connectivity index (χ4n) is 3.35. The van der Waals surface area contributed by atoms with E-state index in [0.717, 1.165) is 37.3 Å². The minimum Gasteiger partial charge on any atom is -0.384 e. The van der Waals surface area contributed by atoms with Crippen LogP contribution in [0, 0.1) is 5.41 Å². The van der Waals surface area contributed by atoms with Gasteiger partial charge in [0, 0.05) is 25.8 Å². The molecule has 0 radical (unpaired) electrons. The van der Waals surface area contributed by atoms with Crippen molar-refractivity contribution in [2.24, 2.45) is 5.73 Å². The van der Waals surface area contributed by atoms with E-state index in [-0.39, 0.29) is 5.84 Å². The van der Waals surface area contributed by atoms with Crippen molar-refractivity contribution in [1.29, 1.82) is 5.41 Å². The Hall–Kier alpha value is -1.62. The molecule has 2 aliphatic rings. The molecule has 1 aromatic heterocycles. The number of aryl methyl sites for hydroxylation is 2. The maximum absolute atomic E-state index is 7.83. The highest BCUT2D eigenvalue weighted by Gasteiger charge is 2.20. The Balaban J connectivity index is 1.77. The second kappa shape index (κ2) is 6.02. The van der Waals surface area contributed by atoms with Crippen molar-refractivity contribution in [2.75, 3.05) is 38.1 Å². The number of likely N-dealkylation sites (tertiary alicyclic amines) is 1. The topological polar surface area (TPSA) is 69.2 Å². The molecule has 0 unspecified atom stereocenters. The first-order chi connectivity index (χ1) is 10.1. The SMILES string of the molecule is CN(CCN1CCCC1)c1nc2c(cc1C(=N)N)CCC2. The van der Waals surface area contributed by atoms with Gasteiger partial charge in [-0.25, -0.2) is 4.98 Å². The fourth-order valence-corrected chi connectivity index (χ4v) is 3.35. The number of anilines is 1. The lowest BCUT2D eigenvalue weighted by Gasteiger charge is -2.24. The molecule has 0 amide bonds. The molecular formula is C16H25N5. The van der Waals surface area contributed by atoms with Crippen LogP contribution in [0.3, 0.4) is 0 Å². The van der Waals surface area contributed by atoms with E-state index in [1.165, 1.54) is 43.6 Å². The van der Waals surface area contributed by atoms with Gasteiger partial charge in [-0.2, -0.15) is 0 Å². The van der Waals surface area contributed by atoms with Gasteiger partial charge in [0.2, 0.25) is 0 Å². The molecule has 3 N–H and O–H groups in total. The van der Waals surface area contributed by atoms with E-state index in [0.29, 0.717) is 0 Å². The van der Waals surface area contributed by atoms with E-state index < -0.39 is 0 Å². The summed E-state index contributed by atoms with van der Waals surface area (Å²) in [4.78, 5) is 9.46. The van der Waals surface area contributed by atoms with Crippen LogP contribution in [0.5, 0.6) is 0 Å². The molecule has 1 fully saturated rings. The molecular weight excluding hydrogens is 262 g/mol. The van der Waals surface area contributed by atoms with Crippen LogP contribution in [0.4, 0.5) is 5.82 Å². The lowest BCUT2D eigenvalue weighted by molar-refractivity contribution is 0.346. The Morgan fingerprint density at radius 2 is 2.10 bits per heavy atom. The summed E-state index contributed by atoms with van der Waals surface area (Å²) in [5, 5.41) is 7.83. The Morgan fingerprint density at radius 3 is 2.81 bits per heavy atom. The zero-order valence-electron chi connectivity index (χ0n) is 12.9. The summed E-state index contributed by atoms with van der Waals surface area (Å²) in [6.45, 7) is 4.43. The number of fused-ring (bicyclic) bond motifs is 1. The van der Waals surface area contributed by atoms with Gasteiger partial charge in [-0.3, -0.25) is 5.41 Å². The molecule has 0 saturated carbocycles. The molecule has 21 heavy (non-hydrogen) atoms. The first-order valence-corrected chi connectivity index (χ1v) is 7.96. The summed E-state index contributed by atoms with van der Waals surface area (Å²) in [6, 6.07) is 2.08. The largest absolute Gasteiger partial charge is 0.384 e. The van der Waals surface area contributed by atoms with Gasteiger partial charge in [-0.1, -0.05) is 0 Å². The molecule has 5 heteroatoms. The van der Waals surface area contributed by atoms with E-state index in [1.54, 1.807) is 0 Å². The van der Waals surface area contributed by atoms with Gasteiger partial charge in [-0.15, -0.1) is 0 Å². The fraction of sp³-hybridized carbons (Fsp3) is 0.625. The Morgan fingerprint density at radius 1 is 1.33 bits per heavy atom. The minimum atomic E-state index is 0.125. The van der Waals surface area contributed by atoms with Gasteiger partial charge >= 0.3 is 0 Å². The van der Waals surface area contributed by atoms with Crippen LogP contribution in [0.25, 0.3) is 0 Å². The number of nitrogen functional groups attached to an aromatic ring is 1. The average molecular weight is 287 g/mol. The highest BCUT2D eigenvalue weighted by atomic mass is 15.2. The highest BCUT2D eigenvalue weighted by Crippen LogP contribution is 2.26. The number of nitrogens with two attached hydrogens (primary N) is 1. The van der Waals surface area contributed by atoms with E-state index >= 15 is 0 Å². The van der Waals surface area contributed by atoms with E-state index in [1.807, 2.05) is 0 Å². The quantitative estimate of drug-likeness (QED) is 0.634. The molecule has 0 spiro atoms. The Kier molecular flexibility index (Phi) is 4.10. The Labute approximate surface area is 126 Å². The van der Waals surface area contributed by atoms with Gasteiger partial charge in [0.05, 0.1) is 5.56 Å². The van der Waals surface area contributed by atoms with Crippen LogP contribution < -0.4 is 10.6 Å². The maximum atomic E-state index is 7.83. The molecule has 1 aliphatic carbocycles. The van der Waals surface area contributed by atoms with Crippen LogP contribution >= 0.6 is 0 Å². The molecule has 5 nitrogen and oxygen atoms in total. The third-order valence-electron chi connectivity index (χ3n) is 4.63. The zero-order chi connectivity index (χ0) is 14.8. The smallest absolute Gasteiger partial charge is 0.139 e. The second-order valence-corrected chi connectivity index (χ2v) is 6.20. The first-order valence-electron chi connectivity index (χ1n) is 7.96. The third kappa shape index (κ3) is 3.02. The normalized spacial score (nSPS) is 18.0. The lowest BCUT2D eigenvalue weighted by atomic mass is 10.1. The van der Waals surface area contributed by atoms with Gasteiger partial charge in [0.15, 0.2) is 0 Å². The van der Waals surface area contributed by atoms with Crippen LogP contribution in [-0.2, 0) is 12.8 Å². The summed E-state index contributed by atoms with van der Waals surface area (Å²) < 4.78 is 0. The number of amidine groups is 1. The monoisotopic (exact) mass is 287 g/mol. The molecule has 114 valence electrons. The number of aromatic nitrogens is 1. The summed E-state index contributed by atoms with van der Waals surface area (Å²) in [5.74, 6) is 1.00. The predicted molar refractivity (Wildman–Crippen MR) is 86.2 cm³/mol. The van der Waals surface area contributed by atoms with Crippen molar-refractivity contribution in [2.45, 2.75) is 32.1 Å². The predicted octanol–water partition coefficient (Wildman–Crippen LogP) is 1.39. The number of rotatable bonds is 5. The molecule has 1 saturated heterocycles. The number of pyridine rings is 1. The van der Waals surface area contributed by atoms with Crippen molar-refractivity contribution >= 4 is 11.7 Å². The third-order valence-corrected chi connectivity index (χ3v) is 4.63. The van der Waals surface area contributed by atoms with E-state index in [9.17, 15) is 0 Å². The van der Waals surface area contributed by atoms with Gasteiger partial charge < -0.3 is 15.5 Å². The second-order valence-electron chi connectivity index (χ2n) is 6.20. The molecule has 1 aromatic rings. The first kappa shape index (κ1) is 14.3. The van der Waals surface area contributed by atoms with Gasteiger partial charge in [0.25, 0.3) is 0 Å². The lowest BCUT2D eigenvalue weighted by Crippen LogP contribution is -2.33. The number of hydrogen-bond acceptors (Lipinski definition) is 4. The van der Waals surface area contributed by atoms with Crippen molar-refractivity contribution < 1.29 is 0 Å². The van der Waals surface area contributed by atoms with Crippen LogP contribution in [-0.4, -0.2) is 48.9 Å². The number of likely N-dealkylation sites (N-methyl/N-ethyl adjacent to an activating group) is 1. The van der Waals surface area contributed by atoms with Crippen LogP contribution in [0.15, 0.2) is 6.07 Å². The van der Waals surface area contributed by atoms with Crippen molar-refractivity contribution in [3.8, 4) is 0 Å². The van der Waals surface area contributed by atoms with Crippen molar-refractivity contribution in [3.05, 3.63) is 22.9 Å². The number of nitrogens with one attached hydrogen (secondary N) is 1. The molecule has 3 rings (SSSR count). The maximum Gasteiger partial charge on any atom is 0.139 e. The van der Waals surface area contributed by atoms with Crippen LogP contribution in [0.2, 0.25) is 0 Å². The molecule has 0 bridgehead atoms. The molecule has 1 aliphatic heterocycles. The van der Waals surface area contributed by atoms with Crippen molar-refractivity contribution in [1.82, 2.24) is 9.88 Å². The summed E-state index contributed by atoms with van der Waals surface area (Å²) in [5.41, 5.74) is 9.03. The van der Waals surface area contributed by atoms with E-state index in [2.05, 4.69) is 22.9 Å². The summed E-state index contributed by atoms with van der Waals surface area (Å²) in [7, 11) is 2.06. The average Bonchev–Trinajstić information content (AvgIpc) is 3.13. The minimum absolute atomic E-state index is 0.125. The standard InChI is InChI=1S/C16H25N5/c1-20(9-10-21-7-2-3-8-21)16-13(15(17)18)11-12-5-4-6-14(12)19-16/h11H,2-10H2,1H3,(H3,17,18). The molecule has 2 heterocycles. The highest BCUT2D eigenvalue weighted by molar-refractivity contribution is 5.99. The van der Waals surface area contributed by atoms with Gasteiger partial charge in [-0.05, 0) is 56.8 Å². The molecule has 0 atom stereocenters. The zero-order valence-corrected chi connectivity index (χ0v) is 12.9. The van der Waals surface area contributed by atoms with Crippen LogP contribution in [0.1, 0.15) is 36.1 Å². The van der Waals surface area contributed by atoms with E-state index in [4.69, 9.17) is 16.1 Å². The van der Waals surface area contributed by atoms with Crippen molar-refractivity contribution in [3.63, 3.8) is 0 Å². The number of hydrogen-bond donors (Lipinski definition) is 2. The summed E-state index contributed by atoms with van der Waals surface area (Å²) >= 11 is 0. The van der Waals surface area contributed by atoms with Gasteiger partial charge in [0.1, 0.15) is 11.7 Å².